The van der Waals surface area contributed by atoms with Crippen molar-refractivity contribution in [1.82, 2.24) is 19.8 Å². The Hall–Kier alpha value is -2.49. The molecule has 1 unspecified atom stereocenters. The quantitative estimate of drug-likeness (QED) is 0.676. The van der Waals surface area contributed by atoms with Gasteiger partial charge in [0.2, 0.25) is 10.0 Å². The average molecular weight is 390 g/mol. The summed E-state index contributed by atoms with van der Waals surface area (Å²) < 4.78 is 29.7. The van der Waals surface area contributed by atoms with Crippen LogP contribution in [0.5, 0.6) is 0 Å². The molecule has 136 valence electrons. The van der Waals surface area contributed by atoms with Gasteiger partial charge in [-0.15, -0.1) is 11.3 Å². The van der Waals surface area contributed by atoms with Crippen molar-refractivity contribution in [3.05, 3.63) is 64.6 Å². The highest BCUT2D eigenvalue weighted by molar-refractivity contribution is 7.89. The predicted octanol–water partition coefficient (Wildman–Crippen LogP) is 2.33. The summed E-state index contributed by atoms with van der Waals surface area (Å²) in [5, 5.41) is 8.15. The normalized spacial score (nSPS) is 12.7. The maximum atomic E-state index is 12.7. The van der Waals surface area contributed by atoms with Crippen LogP contribution in [0.3, 0.4) is 0 Å². The summed E-state index contributed by atoms with van der Waals surface area (Å²) in [7, 11) is -2.26. The van der Waals surface area contributed by atoms with Gasteiger partial charge in [-0.1, -0.05) is 18.2 Å². The van der Waals surface area contributed by atoms with E-state index in [0.717, 1.165) is 22.6 Å². The van der Waals surface area contributed by atoms with E-state index in [4.69, 9.17) is 0 Å². The molecule has 2 aromatic heterocycles. The van der Waals surface area contributed by atoms with Gasteiger partial charge in [0.25, 0.3) is 5.91 Å². The summed E-state index contributed by atoms with van der Waals surface area (Å²) >= 11 is 1.09. The van der Waals surface area contributed by atoms with Gasteiger partial charge in [0, 0.05) is 30.9 Å². The van der Waals surface area contributed by atoms with E-state index in [1.807, 2.05) is 24.3 Å². The summed E-state index contributed by atoms with van der Waals surface area (Å²) in [6.07, 6.45) is 3.46. The molecule has 2 N–H and O–H groups in total. The monoisotopic (exact) mass is 390 g/mol. The highest BCUT2D eigenvalue weighted by Crippen LogP contribution is 2.25. The molecule has 7 nitrogen and oxygen atoms in total. The third-order valence-corrected chi connectivity index (χ3v) is 6.42. The summed E-state index contributed by atoms with van der Waals surface area (Å²) in [4.78, 5) is 12.1. The van der Waals surface area contributed by atoms with Crippen molar-refractivity contribution in [3.63, 3.8) is 0 Å². The second kappa shape index (κ2) is 7.40. The first-order valence-electron chi connectivity index (χ1n) is 7.84. The maximum Gasteiger partial charge on any atom is 0.261 e. The largest absolute Gasteiger partial charge is 0.354 e. The van der Waals surface area contributed by atoms with E-state index >= 15 is 0 Å². The van der Waals surface area contributed by atoms with Crippen LogP contribution in [0.15, 0.2) is 59.1 Å². The first kappa shape index (κ1) is 18.3. The first-order chi connectivity index (χ1) is 12.4. The number of nitrogens with zero attached hydrogens (tertiary/aromatic N) is 2. The average Bonchev–Trinajstić information content (AvgIpc) is 3.32. The highest BCUT2D eigenvalue weighted by atomic mass is 32.2. The van der Waals surface area contributed by atoms with Gasteiger partial charge < -0.3 is 5.32 Å². The highest BCUT2D eigenvalue weighted by Gasteiger charge is 2.23. The molecular weight excluding hydrogens is 372 g/mol. The van der Waals surface area contributed by atoms with Crippen LogP contribution in [0.25, 0.3) is 5.69 Å². The second-order valence-corrected chi connectivity index (χ2v) is 8.20. The molecule has 1 amide bonds. The fourth-order valence-electron chi connectivity index (χ4n) is 2.54. The fourth-order valence-corrected chi connectivity index (χ4v) is 4.98. The van der Waals surface area contributed by atoms with Crippen molar-refractivity contribution in [3.8, 4) is 5.69 Å². The molecule has 3 rings (SSSR count). The van der Waals surface area contributed by atoms with Gasteiger partial charge >= 0.3 is 0 Å². The van der Waals surface area contributed by atoms with Crippen LogP contribution in [-0.4, -0.2) is 31.2 Å². The van der Waals surface area contributed by atoms with Crippen LogP contribution in [0.2, 0.25) is 0 Å². The first-order valence-corrected chi connectivity index (χ1v) is 10.2. The zero-order valence-electron chi connectivity index (χ0n) is 14.2. The van der Waals surface area contributed by atoms with E-state index in [1.54, 1.807) is 30.1 Å². The molecule has 0 bridgehead atoms. The lowest BCUT2D eigenvalue weighted by molar-refractivity contribution is 0.0967. The lowest BCUT2D eigenvalue weighted by Gasteiger charge is -2.17. The number of hydrogen-bond acceptors (Lipinski definition) is 5. The number of thiophene rings is 1. The van der Waals surface area contributed by atoms with Gasteiger partial charge in [0.1, 0.15) is 0 Å². The van der Waals surface area contributed by atoms with Crippen LogP contribution >= 0.6 is 11.3 Å². The Kier molecular flexibility index (Phi) is 5.21. The van der Waals surface area contributed by atoms with E-state index in [-0.39, 0.29) is 10.8 Å². The second-order valence-electron chi connectivity index (χ2n) is 5.58. The number of benzene rings is 1. The van der Waals surface area contributed by atoms with Crippen molar-refractivity contribution in [2.45, 2.75) is 17.9 Å². The lowest BCUT2D eigenvalue weighted by atomic mass is 10.1. The van der Waals surface area contributed by atoms with Gasteiger partial charge in [0.05, 0.1) is 15.5 Å². The third-order valence-electron chi connectivity index (χ3n) is 3.82. The lowest BCUT2D eigenvalue weighted by Crippen LogP contribution is -2.27. The van der Waals surface area contributed by atoms with Crippen LogP contribution < -0.4 is 10.0 Å². The van der Waals surface area contributed by atoms with E-state index in [1.165, 1.54) is 18.5 Å². The van der Waals surface area contributed by atoms with E-state index in [9.17, 15) is 13.2 Å². The number of aromatic nitrogens is 2. The molecule has 0 spiro atoms. The Bertz CT molecular complexity index is 1010. The molecule has 1 atom stereocenters. The number of hydrogen-bond donors (Lipinski definition) is 2. The summed E-state index contributed by atoms with van der Waals surface area (Å²) in [5.74, 6) is -0.312. The molecule has 26 heavy (non-hydrogen) atoms. The third kappa shape index (κ3) is 3.69. The molecule has 0 fully saturated rings. The van der Waals surface area contributed by atoms with Crippen molar-refractivity contribution >= 4 is 27.3 Å². The molecular formula is C17H18N4O3S2. The minimum atomic E-state index is -3.76. The maximum absolute atomic E-state index is 12.7. The minimum Gasteiger partial charge on any atom is -0.354 e. The zero-order chi connectivity index (χ0) is 18.7. The van der Waals surface area contributed by atoms with Crippen LogP contribution in [0, 0.1) is 0 Å². The van der Waals surface area contributed by atoms with Crippen molar-refractivity contribution in [1.29, 1.82) is 0 Å². The molecule has 0 saturated carbocycles. The molecule has 3 aromatic rings. The molecule has 1 aromatic carbocycles. The van der Waals surface area contributed by atoms with Crippen molar-refractivity contribution < 1.29 is 13.2 Å². The summed E-state index contributed by atoms with van der Waals surface area (Å²) in [6.45, 7) is 1.77. The Morgan fingerprint density at radius 1 is 1.27 bits per heavy atom. The minimum absolute atomic E-state index is 0.0736. The Balaban J connectivity index is 1.87. The van der Waals surface area contributed by atoms with Crippen molar-refractivity contribution in [2.24, 2.45) is 0 Å². The predicted molar refractivity (Wildman–Crippen MR) is 100 cm³/mol. The zero-order valence-corrected chi connectivity index (χ0v) is 15.8. The number of sulfonamides is 1. The molecule has 9 heteroatoms. The fraction of sp³-hybridized carbons (Fsp3) is 0.176. The number of nitrogens with one attached hydrogen (secondary N) is 2. The number of carbonyl (C=O) groups excluding carboxylic acids is 1. The molecule has 0 radical (unpaired) electrons. The van der Waals surface area contributed by atoms with Crippen molar-refractivity contribution in [2.75, 3.05) is 7.05 Å². The number of carbonyl (C=O) groups is 1. The van der Waals surface area contributed by atoms with E-state index < -0.39 is 16.1 Å². The molecule has 0 saturated heterocycles. The smallest absolute Gasteiger partial charge is 0.261 e. The van der Waals surface area contributed by atoms with Crippen LogP contribution in [-0.2, 0) is 10.0 Å². The van der Waals surface area contributed by atoms with E-state index in [0.29, 0.717) is 4.88 Å². The number of rotatable bonds is 6. The topological polar surface area (TPSA) is 93.1 Å². The number of amides is 1. The van der Waals surface area contributed by atoms with Gasteiger partial charge in [-0.2, -0.15) is 5.10 Å². The SMILES string of the molecule is CNC(=O)c1cc(S(=O)(=O)NC(C)c2ccccc2-n2cccn2)cs1. The number of para-hydroxylation sites is 1. The van der Waals surface area contributed by atoms with Gasteiger partial charge in [-0.25, -0.2) is 17.8 Å². The molecule has 2 heterocycles. The van der Waals surface area contributed by atoms with Crippen LogP contribution in [0.4, 0.5) is 0 Å². The molecule has 0 aliphatic rings. The van der Waals surface area contributed by atoms with Crippen LogP contribution in [0.1, 0.15) is 28.2 Å². The molecule has 0 aliphatic carbocycles. The standard InChI is InChI=1S/C17H18N4O3S2/c1-12(14-6-3-4-7-15(14)21-9-5-8-19-21)20-26(23,24)13-10-16(25-11-13)17(22)18-2/h3-12,20H,1-2H3,(H,18,22). The summed E-state index contributed by atoms with van der Waals surface area (Å²) in [5.41, 5.74) is 1.59. The molecule has 0 aliphatic heterocycles. The van der Waals surface area contributed by atoms with Gasteiger partial charge in [0.15, 0.2) is 0 Å². The van der Waals surface area contributed by atoms with Gasteiger partial charge in [-0.05, 0) is 30.7 Å². The summed E-state index contributed by atoms with van der Waals surface area (Å²) in [6, 6.07) is 10.1. The Morgan fingerprint density at radius 3 is 2.73 bits per heavy atom. The van der Waals surface area contributed by atoms with Gasteiger partial charge in [-0.3, -0.25) is 4.79 Å². The Morgan fingerprint density at radius 2 is 2.04 bits per heavy atom. The Labute approximate surface area is 155 Å². The van der Waals surface area contributed by atoms with E-state index in [2.05, 4.69) is 15.1 Å².